The highest BCUT2D eigenvalue weighted by Gasteiger charge is 2.30. The van der Waals surface area contributed by atoms with Gasteiger partial charge in [0, 0.05) is 25.7 Å². The van der Waals surface area contributed by atoms with E-state index >= 15 is 0 Å². The molecular formula is C83H162O17P2. The first-order valence-corrected chi connectivity index (χ1v) is 45.8. The molecule has 0 aliphatic heterocycles. The van der Waals surface area contributed by atoms with Crippen LogP contribution < -0.4 is 0 Å². The topological polar surface area (TPSA) is 237 Å². The Kier molecular flexibility index (Phi) is 71.8. The highest BCUT2D eigenvalue weighted by Crippen LogP contribution is 2.45. The van der Waals surface area contributed by atoms with Crippen molar-refractivity contribution in [3.05, 3.63) is 0 Å². The normalized spacial score (nSPS) is 13.9. The van der Waals surface area contributed by atoms with Crippen LogP contribution >= 0.6 is 15.6 Å². The monoisotopic (exact) mass is 1490 g/mol. The average Bonchev–Trinajstić information content (AvgIpc) is 0.948. The van der Waals surface area contributed by atoms with Crippen molar-refractivity contribution in [2.75, 3.05) is 39.6 Å². The van der Waals surface area contributed by atoms with Gasteiger partial charge < -0.3 is 33.8 Å². The molecule has 0 aliphatic rings. The molecule has 0 amide bonds. The van der Waals surface area contributed by atoms with Crippen molar-refractivity contribution in [2.24, 2.45) is 17.8 Å². The van der Waals surface area contributed by atoms with Crippen LogP contribution in [0.2, 0.25) is 0 Å². The number of rotatable bonds is 81. The molecule has 0 saturated carbocycles. The summed E-state index contributed by atoms with van der Waals surface area (Å²) < 4.78 is 68.8. The quantitative estimate of drug-likeness (QED) is 0.0222. The third-order valence-electron chi connectivity index (χ3n) is 19.4. The van der Waals surface area contributed by atoms with Gasteiger partial charge in [-0.2, -0.15) is 0 Å². The lowest BCUT2D eigenvalue weighted by atomic mass is 10.0. The molecule has 0 radical (unpaired) electrons. The molecule has 0 aromatic rings. The molecule has 0 aromatic carbocycles. The number of carbonyl (C=O) groups excluding carboxylic acids is 4. The smallest absolute Gasteiger partial charge is 0.462 e. The van der Waals surface area contributed by atoms with Crippen LogP contribution in [-0.2, 0) is 65.4 Å². The van der Waals surface area contributed by atoms with E-state index in [0.717, 1.165) is 108 Å². The first-order chi connectivity index (χ1) is 49.2. The molecule has 0 rings (SSSR count). The van der Waals surface area contributed by atoms with E-state index in [1.807, 2.05) is 0 Å². The Balaban J connectivity index is 5.24. The van der Waals surface area contributed by atoms with Crippen molar-refractivity contribution < 1.29 is 80.2 Å². The second kappa shape index (κ2) is 73.2. The second-order valence-electron chi connectivity index (χ2n) is 31.3. The van der Waals surface area contributed by atoms with Gasteiger partial charge in [0.05, 0.1) is 26.4 Å². The Morgan fingerprint density at radius 2 is 0.451 bits per heavy atom. The summed E-state index contributed by atoms with van der Waals surface area (Å²) in [5.41, 5.74) is 0. The molecule has 3 N–H and O–H groups in total. The van der Waals surface area contributed by atoms with Gasteiger partial charge in [0.2, 0.25) is 0 Å². The third-order valence-corrected chi connectivity index (χ3v) is 21.3. The summed E-state index contributed by atoms with van der Waals surface area (Å²) >= 11 is 0. The fraction of sp³-hybridized carbons (Fsp3) is 0.952. The highest BCUT2D eigenvalue weighted by molar-refractivity contribution is 7.47. The Morgan fingerprint density at radius 1 is 0.265 bits per heavy atom. The van der Waals surface area contributed by atoms with Gasteiger partial charge in [-0.1, -0.05) is 382 Å². The number of ether oxygens (including phenoxy) is 4. The summed E-state index contributed by atoms with van der Waals surface area (Å²) in [6, 6.07) is 0. The third kappa shape index (κ3) is 76.3. The minimum Gasteiger partial charge on any atom is -0.462 e. The first-order valence-electron chi connectivity index (χ1n) is 42.8. The predicted molar refractivity (Wildman–Crippen MR) is 418 cm³/mol. The van der Waals surface area contributed by atoms with Crippen LogP contribution in [0.1, 0.15) is 434 Å². The van der Waals surface area contributed by atoms with Crippen molar-refractivity contribution in [3.63, 3.8) is 0 Å². The van der Waals surface area contributed by atoms with Crippen molar-refractivity contribution >= 4 is 39.5 Å². The van der Waals surface area contributed by atoms with Gasteiger partial charge in [-0.25, -0.2) is 9.13 Å². The Bertz CT molecular complexity index is 1970. The van der Waals surface area contributed by atoms with Crippen molar-refractivity contribution in [2.45, 2.75) is 452 Å². The van der Waals surface area contributed by atoms with Crippen molar-refractivity contribution in [3.8, 4) is 0 Å². The maximum Gasteiger partial charge on any atom is 0.472 e. The van der Waals surface area contributed by atoms with Crippen LogP contribution in [0.3, 0.4) is 0 Å². The lowest BCUT2D eigenvalue weighted by molar-refractivity contribution is -0.161. The van der Waals surface area contributed by atoms with E-state index in [4.69, 9.17) is 37.0 Å². The summed E-state index contributed by atoms with van der Waals surface area (Å²) in [5, 5.41) is 10.7. The maximum absolute atomic E-state index is 13.1. The molecule has 17 nitrogen and oxygen atoms in total. The Hall–Kier alpha value is -1.94. The summed E-state index contributed by atoms with van der Waals surface area (Å²) in [6.07, 6.45) is 62.5. The number of phosphoric ester groups is 2. The predicted octanol–water partition coefficient (Wildman–Crippen LogP) is 24.9. The van der Waals surface area contributed by atoms with Gasteiger partial charge >= 0.3 is 39.5 Å². The zero-order chi connectivity index (χ0) is 75.1. The number of phosphoric acid groups is 2. The molecule has 606 valence electrons. The average molecular weight is 1490 g/mol. The lowest BCUT2D eigenvalue weighted by Crippen LogP contribution is -2.30. The van der Waals surface area contributed by atoms with Gasteiger partial charge in [-0.05, 0) is 43.4 Å². The summed E-state index contributed by atoms with van der Waals surface area (Å²) in [4.78, 5) is 73.1. The number of hydrogen-bond acceptors (Lipinski definition) is 15. The molecule has 2 unspecified atom stereocenters. The standard InChI is InChI=1S/C83H162O17P2/c1-8-9-10-11-12-13-14-15-16-17-20-27-32-37-44-52-59-67-83(88)100-79(71-94-81(86)65-58-51-46-39-42-49-56-63-76(6)7)73-98-102(91,92)96-69-77(84)68-95-101(89,90)97-72-78(70-93-80(85)64-57-50-43-36-31-26-23-22-25-30-35-41-48-55-62-75(4)5)99-82(87)66-60-53-45-38-33-28-21-18-19-24-29-34-40-47-54-61-74(2)3/h74-79,84H,8-73H2,1-7H3,(H,89,90)(H,91,92)/t77-,78-,79-/m1/s1. The molecule has 0 aliphatic carbocycles. The van der Waals surface area contributed by atoms with Gasteiger partial charge in [0.15, 0.2) is 12.2 Å². The van der Waals surface area contributed by atoms with Gasteiger partial charge in [0.1, 0.15) is 19.3 Å². The molecule has 0 bridgehead atoms. The van der Waals surface area contributed by atoms with Crippen LogP contribution in [0.25, 0.3) is 0 Å². The Labute approximate surface area is 626 Å². The SMILES string of the molecule is CCCCCCCCCCCCCCCCCCCC(=O)O[C@H](COC(=O)CCCCCCCCCC(C)C)COP(=O)(O)OC[C@H](O)COP(=O)(O)OC[C@@H](COC(=O)CCCCCCCCCCCCCCCCC(C)C)OC(=O)CCCCCCCCCCCCCCCCCC(C)C. The molecule has 19 heteroatoms. The summed E-state index contributed by atoms with van der Waals surface area (Å²) in [6.45, 7) is 12.0. The van der Waals surface area contributed by atoms with Gasteiger partial charge in [-0.3, -0.25) is 37.3 Å². The maximum atomic E-state index is 13.1. The molecule has 5 atom stereocenters. The fourth-order valence-electron chi connectivity index (χ4n) is 12.8. The van der Waals surface area contributed by atoms with Crippen LogP contribution in [0.4, 0.5) is 0 Å². The Morgan fingerprint density at radius 3 is 0.667 bits per heavy atom. The lowest BCUT2D eigenvalue weighted by Gasteiger charge is -2.21. The number of aliphatic hydroxyl groups excluding tert-OH is 1. The van der Waals surface area contributed by atoms with E-state index in [-0.39, 0.29) is 25.7 Å². The van der Waals surface area contributed by atoms with Crippen LogP contribution in [0.15, 0.2) is 0 Å². The zero-order valence-corrected chi connectivity index (χ0v) is 68.9. The molecule has 0 saturated heterocycles. The molecule has 0 spiro atoms. The van der Waals surface area contributed by atoms with Crippen LogP contribution in [-0.4, -0.2) is 96.7 Å². The molecule has 102 heavy (non-hydrogen) atoms. The van der Waals surface area contributed by atoms with Crippen LogP contribution in [0.5, 0.6) is 0 Å². The minimum absolute atomic E-state index is 0.108. The minimum atomic E-state index is -4.96. The highest BCUT2D eigenvalue weighted by atomic mass is 31.2. The number of carbonyl (C=O) groups is 4. The number of esters is 4. The summed E-state index contributed by atoms with van der Waals surface area (Å²) in [5.74, 6) is 0.199. The van der Waals surface area contributed by atoms with E-state index in [9.17, 15) is 43.2 Å². The molecule has 0 aromatic heterocycles. The van der Waals surface area contributed by atoms with Crippen LogP contribution in [0, 0.1) is 17.8 Å². The largest absolute Gasteiger partial charge is 0.472 e. The summed E-state index contributed by atoms with van der Waals surface area (Å²) in [7, 11) is -9.92. The molecule has 0 fully saturated rings. The van der Waals surface area contributed by atoms with Gasteiger partial charge in [0.25, 0.3) is 0 Å². The second-order valence-corrected chi connectivity index (χ2v) is 34.2. The number of aliphatic hydroxyl groups is 1. The molecular weight excluding hydrogens is 1330 g/mol. The number of unbranched alkanes of at least 4 members (excludes halogenated alkanes) is 49. The zero-order valence-electron chi connectivity index (χ0n) is 67.1. The van der Waals surface area contributed by atoms with E-state index in [1.54, 1.807) is 0 Å². The van der Waals surface area contributed by atoms with Crippen molar-refractivity contribution in [1.29, 1.82) is 0 Å². The fourth-order valence-corrected chi connectivity index (χ4v) is 14.4. The van der Waals surface area contributed by atoms with E-state index in [0.29, 0.717) is 31.6 Å². The van der Waals surface area contributed by atoms with Gasteiger partial charge in [-0.15, -0.1) is 0 Å². The van der Waals surface area contributed by atoms with E-state index in [1.165, 1.54) is 238 Å². The van der Waals surface area contributed by atoms with Crippen molar-refractivity contribution in [1.82, 2.24) is 0 Å². The first kappa shape index (κ1) is 100. The molecule has 0 heterocycles. The van der Waals surface area contributed by atoms with E-state index in [2.05, 4.69) is 48.5 Å². The number of hydrogen-bond donors (Lipinski definition) is 3. The van der Waals surface area contributed by atoms with E-state index < -0.39 is 97.5 Å².